The van der Waals surface area contributed by atoms with E-state index in [1.54, 1.807) is 11.8 Å². The molecular weight excluding hydrogens is 326 g/mol. The number of nitrogens with zero attached hydrogens (tertiary/aromatic N) is 3. The van der Waals surface area contributed by atoms with E-state index in [4.69, 9.17) is 0 Å². The lowest BCUT2D eigenvalue weighted by molar-refractivity contribution is 0.131. The highest BCUT2D eigenvalue weighted by Crippen LogP contribution is 2.16. The number of rotatable bonds is 5. The minimum atomic E-state index is 0.990. The summed E-state index contributed by atoms with van der Waals surface area (Å²) in [5.74, 6) is 0. The largest absolute Gasteiger partial charge is 0.295 e. The number of benzene rings is 2. The second-order valence-corrected chi connectivity index (χ2v) is 7.56. The summed E-state index contributed by atoms with van der Waals surface area (Å²) in [6.07, 6.45) is 4.07. The van der Waals surface area contributed by atoms with Gasteiger partial charge in [-0.25, -0.2) is 0 Å². The van der Waals surface area contributed by atoms with Gasteiger partial charge < -0.3 is 0 Å². The van der Waals surface area contributed by atoms with Crippen molar-refractivity contribution in [1.29, 1.82) is 0 Å². The molecule has 0 atom stereocenters. The molecule has 0 N–H and O–H groups in total. The summed E-state index contributed by atoms with van der Waals surface area (Å²) in [5, 5.41) is 6.84. The van der Waals surface area contributed by atoms with E-state index in [9.17, 15) is 0 Å². The van der Waals surface area contributed by atoms with Gasteiger partial charge in [-0.05, 0) is 48.9 Å². The molecule has 0 radical (unpaired) electrons. The van der Waals surface area contributed by atoms with Crippen LogP contribution in [0.5, 0.6) is 0 Å². The maximum atomic E-state index is 4.65. The third-order valence-electron chi connectivity index (χ3n) is 4.73. The van der Waals surface area contributed by atoms with E-state index in [0.29, 0.717) is 0 Å². The van der Waals surface area contributed by atoms with Crippen LogP contribution >= 0.6 is 11.8 Å². The van der Waals surface area contributed by atoms with Gasteiger partial charge in [-0.3, -0.25) is 9.91 Å². The van der Waals surface area contributed by atoms with Gasteiger partial charge >= 0.3 is 0 Å². The van der Waals surface area contributed by atoms with Crippen LogP contribution in [0.25, 0.3) is 0 Å². The Bertz CT molecular complexity index is 716. The Morgan fingerprint density at radius 3 is 2.36 bits per heavy atom. The zero-order valence-corrected chi connectivity index (χ0v) is 16.2. The van der Waals surface area contributed by atoms with Crippen molar-refractivity contribution in [3.8, 4) is 0 Å². The Balaban J connectivity index is 1.50. The van der Waals surface area contributed by atoms with E-state index >= 15 is 0 Å². The minimum Gasteiger partial charge on any atom is -0.295 e. The maximum absolute atomic E-state index is 4.65. The van der Waals surface area contributed by atoms with Gasteiger partial charge in [-0.2, -0.15) is 5.10 Å². The van der Waals surface area contributed by atoms with Gasteiger partial charge in [0, 0.05) is 37.6 Å². The molecule has 4 heteroatoms. The lowest BCUT2D eigenvalue weighted by atomic mass is 10.1. The molecule has 0 unspecified atom stereocenters. The van der Waals surface area contributed by atoms with Gasteiger partial charge in [0.05, 0.1) is 6.21 Å². The standard InChI is InChI=1S/C21H27N3S/c1-17-4-7-20(18(2)14-17)16-23-10-12-24(13-11-23)22-15-19-5-8-21(25-3)9-6-19/h4-9,14-15H,10-13,16H2,1-3H3/b22-15-. The van der Waals surface area contributed by atoms with Gasteiger partial charge in [0.2, 0.25) is 0 Å². The summed E-state index contributed by atoms with van der Waals surface area (Å²) in [5.41, 5.74) is 5.34. The smallest absolute Gasteiger partial charge is 0.0542 e. The number of piperazine rings is 1. The number of thioether (sulfide) groups is 1. The second kappa shape index (κ2) is 8.54. The summed E-state index contributed by atoms with van der Waals surface area (Å²) < 4.78 is 0. The zero-order chi connectivity index (χ0) is 17.6. The topological polar surface area (TPSA) is 18.8 Å². The van der Waals surface area contributed by atoms with Crippen LogP contribution in [0.4, 0.5) is 0 Å². The molecule has 2 aromatic carbocycles. The average Bonchev–Trinajstić information content (AvgIpc) is 2.64. The molecule has 3 rings (SSSR count). The first-order valence-electron chi connectivity index (χ1n) is 8.85. The third-order valence-corrected chi connectivity index (χ3v) is 5.47. The van der Waals surface area contributed by atoms with Crippen LogP contribution in [0, 0.1) is 13.8 Å². The molecule has 0 bridgehead atoms. The summed E-state index contributed by atoms with van der Waals surface area (Å²) in [4.78, 5) is 3.81. The van der Waals surface area contributed by atoms with E-state index in [2.05, 4.69) is 77.6 Å². The van der Waals surface area contributed by atoms with Crippen LogP contribution in [-0.2, 0) is 6.54 Å². The fraction of sp³-hybridized carbons (Fsp3) is 0.381. The van der Waals surface area contributed by atoms with E-state index in [0.717, 1.165) is 38.3 Å². The van der Waals surface area contributed by atoms with Gasteiger partial charge in [-0.15, -0.1) is 11.8 Å². The monoisotopic (exact) mass is 353 g/mol. The molecule has 1 fully saturated rings. The molecule has 0 saturated carbocycles. The van der Waals surface area contributed by atoms with Crippen LogP contribution in [0.2, 0.25) is 0 Å². The van der Waals surface area contributed by atoms with Gasteiger partial charge in [0.15, 0.2) is 0 Å². The summed E-state index contributed by atoms with van der Waals surface area (Å²) in [7, 11) is 0. The Morgan fingerprint density at radius 2 is 1.72 bits per heavy atom. The van der Waals surface area contributed by atoms with E-state index in [1.165, 1.54) is 21.6 Å². The second-order valence-electron chi connectivity index (χ2n) is 6.68. The van der Waals surface area contributed by atoms with Gasteiger partial charge in [-0.1, -0.05) is 35.9 Å². The number of hydrogen-bond donors (Lipinski definition) is 0. The lowest BCUT2D eigenvalue weighted by Gasteiger charge is -2.33. The lowest BCUT2D eigenvalue weighted by Crippen LogP contribution is -2.43. The molecule has 0 amide bonds. The average molecular weight is 354 g/mol. The number of hydrogen-bond acceptors (Lipinski definition) is 4. The molecule has 25 heavy (non-hydrogen) atoms. The highest BCUT2D eigenvalue weighted by Gasteiger charge is 2.16. The van der Waals surface area contributed by atoms with Crippen molar-refractivity contribution < 1.29 is 0 Å². The normalized spacial score (nSPS) is 15.9. The van der Waals surface area contributed by atoms with Crippen LogP contribution in [0.3, 0.4) is 0 Å². The Hall–Kier alpha value is -1.78. The van der Waals surface area contributed by atoms with Crippen LogP contribution in [-0.4, -0.2) is 48.6 Å². The van der Waals surface area contributed by atoms with Gasteiger partial charge in [0.25, 0.3) is 0 Å². The Labute approximate surface area is 155 Å². The van der Waals surface area contributed by atoms with Crippen molar-refractivity contribution in [3.63, 3.8) is 0 Å². The summed E-state index contributed by atoms with van der Waals surface area (Å²) >= 11 is 1.77. The molecule has 1 aliphatic rings. The highest BCUT2D eigenvalue weighted by atomic mass is 32.2. The molecule has 1 heterocycles. The molecule has 2 aromatic rings. The zero-order valence-electron chi connectivity index (χ0n) is 15.4. The van der Waals surface area contributed by atoms with E-state index in [-0.39, 0.29) is 0 Å². The van der Waals surface area contributed by atoms with Crippen molar-refractivity contribution in [2.24, 2.45) is 5.10 Å². The van der Waals surface area contributed by atoms with Crippen LogP contribution in [0.1, 0.15) is 22.3 Å². The quantitative estimate of drug-likeness (QED) is 0.594. The molecule has 0 aromatic heterocycles. The fourth-order valence-electron chi connectivity index (χ4n) is 3.11. The van der Waals surface area contributed by atoms with Crippen molar-refractivity contribution in [2.45, 2.75) is 25.3 Å². The van der Waals surface area contributed by atoms with Gasteiger partial charge in [0.1, 0.15) is 0 Å². The first-order valence-corrected chi connectivity index (χ1v) is 10.1. The van der Waals surface area contributed by atoms with Crippen LogP contribution in [0.15, 0.2) is 52.5 Å². The fourth-order valence-corrected chi connectivity index (χ4v) is 3.52. The predicted octanol–water partition coefficient (Wildman–Crippen LogP) is 4.18. The Morgan fingerprint density at radius 1 is 1.00 bits per heavy atom. The van der Waals surface area contributed by atoms with Crippen LogP contribution < -0.4 is 0 Å². The number of aryl methyl sites for hydroxylation is 2. The van der Waals surface area contributed by atoms with Crippen molar-refractivity contribution >= 4 is 18.0 Å². The molecule has 0 aliphatic carbocycles. The van der Waals surface area contributed by atoms with E-state index < -0.39 is 0 Å². The highest BCUT2D eigenvalue weighted by molar-refractivity contribution is 7.98. The summed E-state index contributed by atoms with van der Waals surface area (Å²) in [6.45, 7) is 9.52. The summed E-state index contributed by atoms with van der Waals surface area (Å²) in [6, 6.07) is 15.3. The molecule has 0 spiro atoms. The van der Waals surface area contributed by atoms with Crippen molar-refractivity contribution in [3.05, 3.63) is 64.7 Å². The molecule has 1 aliphatic heterocycles. The van der Waals surface area contributed by atoms with Crippen molar-refractivity contribution in [1.82, 2.24) is 9.91 Å². The molecular formula is C21H27N3S. The minimum absolute atomic E-state index is 0.990. The molecule has 1 saturated heterocycles. The van der Waals surface area contributed by atoms with E-state index in [1.807, 2.05) is 6.21 Å². The maximum Gasteiger partial charge on any atom is 0.0542 e. The molecule has 3 nitrogen and oxygen atoms in total. The predicted molar refractivity (Wildman–Crippen MR) is 109 cm³/mol. The first kappa shape index (κ1) is 18.0. The number of hydrazone groups is 1. The Kier molecular flexibility index (Phi) is 6.16. The SMILES string of the molecule is CSc1ccc(/C=N\N2CCN(Cc3ccc(C)cc3C)CC2)cc1. The molecule has 132 valence electrons. The van der Waals surface area contributed by atoms with Crippen molar-refractivity contribution in [2.75, 3.05) is 32.4 Å². The third kappa shape index (κ3) is 5.10. The first-order chi connectivity index (χ1) is 12.1.